The van der Waals surface area contributed by atoms with E-state index in [4.69, 9.17) is 14.2 Å². The Bertz CT molecular complexity index is 1500. The van der Waals surface area contributed by atoms with Gasteiger partial charge in [0.15, 0.2) is 6.10 Å². The van der Waals surface area contributed by atoms with Crippen LogP contribution in [0.4, 0.5) is 0 Å². The quantitative estimate of drug-likeness (QED) is 0.0261. The standard InChI is InChI=1S/C76H136O6/c1-4-7-10-13-16-19-22-24-26-28-30-32-34-35-36-37-38-39-40-41-42-44-45-47-49-51-54-57-60-63-66-69-75(78)81-72-73(71-80-74(77)68-65-62-59-56-53-21-18-15-12-9-6-3)82-76(79)70-67-64-61-58-55-52-50-48-46-43-33-31-29-27-25-23-20-17-14-11-8-5-2/h7,10,15-16,18-19,24,26,30,32,35-36,73H,4-6,8-9,11-14,17,20-23,25,27-29,31,33-34,37-72H2,1-3H3/b10-7-,18-15-,19-16-,26-24-,32-30-,36-35-. The van der Waals surface area contributed by atoms with Crippen LogP contribution in [-0.4, -0.2) is 37.2 Å². The molecule has 6 heteroatoms. The van der Waals surface area contributed by atoms with Gasteiger partial charge in [0.05, 0.1) is 0 Å². The predicted octanol–water partition coefficient (Wildman–Crippen LogP) is 24.8. The molecule has 0 saturated carbocycles. The minimum Gasteiger partial charge on any atom is -0.462 e. The van der Waals surface area contributed by atoms with E-state index in [0.29, 0.717) is 19.3 Å². The van der Waals surface area contributed by atoms with Crippen molar-refractivity contribution < 1.29 is 28.6 Å². The van der Waals surface area contributed by atoms with E-state index >= 15 is 0 Å². The zero-order valence-corrected chi connectivity index (χ0v) is 54.8. The molecule has 0 aliphatic carbocycles. The van der Waals surface area contributed by atoms with Gasteiger partial charge in [-0.3, -0.25) is 14.4 Å². The van der Waals surface area contributed by atoms with Crippen molar-refractivity contribution in [3.8, 4) is 0 Å². The molecule has 0 aromatic heterocycles. The largest absolute Gasteiger partial charge is 0.462 e. The first kappa shape index (κ1) is 78.8. The van der Waals surface area contributed by atoms with Crippen LogP contribution in [0.5, 0.6) is 0 Å². The summed E-state index contributed by atoms with van der Waals surface area (Å²) in [5, 5.41) is 0. The molecule has 0 heterocycles. The van der Waals surface area contributed by atoms with Gasteiger partial charge in [-0.25, -0.2) is 0 Å². The summed E-state index contributed by atoms with van der Waals surface area (Å²) in [6.45, 7) is 6.54. The van der Waals surface area contributed by atoms with Crippen molar-refractivity contribution in [3.05, 3.63) is 72.9 Å². The van der Waals surface area contributed by atoms with E-state index in [1.165, 1.54) is 238 Å². The Labute approximate surface area is 510 Å². The Kier molecular flexibility index (Phi) is 67.6. The monoisotopic (exact) mass is 1150 g/mol. The molecule has 476 valence electrons. The van der Waals surface area contributed by atoms with Crippen molar-refractivity contribution in [2.45, 2.75) is 380 Å². The summed E-state index contributed by atoms with van der Waals surface area (Å²) >= 11 is 0. The van der Waals surface area contributed by atoms with Crippen LogP contribution in [0.3, 0.4) is 0 Å². The third-order valence-corrected chi connectivity index (χ3v) is 15.9. The molecule has 0 aromatic rings. The van der Waals surface area contributed by atoms with Gasteiger partial charge in [-0.2, -0.15) is 0 Å². The van der Waals surface area contributed by atoms with Gasteiger partial charge in [0.25, 0.3) is 0 Å². The highest BCUT2D eigenvalue weighted by molar-refractivity contribution is 5.71. The number of hydrogen-bond acceptors (Lipinski definition) is 6. The van der Waals surface area contributed by atoms with Crippen LogP contribution in [0.15, 0.2) is 72.9 Å². The van der Waals surface area contributed by atoms with Gasteiger partial charge in [0.1, 0.15) is 13.2 Å². The molecule has 0 rings (SSSR count). The van der Waals surface area contributed by atoms with Crippen LogP contribution in [-0.2, 0) is 28.6 Å². The Balaban J connectivity index is 4.15. The molecular formula is C76H136O6. The van der Waals surface area contributed by atoms with Crippen molar-refractivity contribution >= 4 is 17.9 Å². The lowest BCUT2D eigenvalue weighted by atomic mass is 10.0. The number of allylic oxidation sites excluding steroid dienone is 12. The first-order valence-corrected chi connectivity index (χ1v) is 35.9. The van der Waals surface area contributed by atoms with Crippen LogP contribution in [0.1, 0.15) is 374 Å². The molecule has 6 nitrogen and oxygen atoms in total. The van der Waals surface area contributed by atoms with E-state index < -0.39 is 6.10 Å². The highest BCUT2D eigenvalue weighted by Gasteiger charge is 2.19. The Morgan fingerprint density at radius 1 is 0.256 bits per heavy atom. The molecule has 0 fully saturated rings. The summed E-state index contributed by atoms with van der Waals surface area (Å²) in [5.41, 5.74) is 0. The van der Waals surface area contributed by atoms with Crippen LogP contribution in [0.25, 0.3) is 0 Å². The summed E-state index contributed by atoms with van der Waals surface area (Å²) in [4.78, 5) is 38.4. The molecule has 0 saturated heterocycles. The maximum atomic E-state index is 12.9. The zero-order chi connectivity index (χ0) is 59.2. The van der Waals surface area contributed by atoms with Crippen molar-refractivity contribution in [3.63, 3.8) is 0 Å². The van der Waals surface area contributed by atoms with E-state index in [-0.39, 0.29) is 31.1 Å². The van der Waals surface area contributed by atoms with Crippen LogP contribution in [0, 0.1) is 0 Å². The van der Waals surface area contributed by atoms with Crippen molar-refractivity contribution in [1.82, 2.24) is 0 Å². The van der Waals surface area contributed by atoms with E-state index in [1.54, 1.807) is 0 Å². The summed E-state index contributed by atoms with van der Waals surface area (Å²) in [7, 11) is 0. The first-order chi connectivity index (χ1) is 40.5. The molecule has 0 spiro atoms. The number of carbonyl (C=O) groups is 3. The minimum atomic E-state index is -0.776. The minimum absolute atomic E-state index is 0.0729. The molecule has 1 atom stereocenters. The summed E-state index contributed by atoms with van der Waals surface area (Å²) in [6, 6.07) is 0. The Morgan fingerprint density at radius 2 is 0.488 bits per heavy atom. The van der Waals surface area contributed by atoms with Crippen molar-refractivity contribution in [2.24, 2.45) is 0 Å². The number of carbonyl (C=O) groups excluding carboxylic acids is 3. The van der Waals surface area contributed by atoms with E-state index in [0.717, 1.165) is 96.3 Å². The van der Waals surface area contributed by atoms with Gasteiger partial charge in [-0.15, -0.1) is 0 Å². The number of hydrogen-bond donors (Lipinski definition) is 0. The number of unbranched alkanes of at least 4 members (excludes halogenated alkanes) is 43. The van der Waals surface area contributed by atoms with Crippen molar-refractivity contribution in [2.75, 3.05) is 13.2 Å². The maximum Gasteiger partial charge on any atom is 0.306 e. The molecular weight excluding hydrogens is 1010 g/mol. The van der Waals surface area contributed by atoms with E-state index in [9.17, 15) is 14.4 Å². The average Bonchev–Trinajstić information content (AvgIpc) is 3.47. The fraction of sp³-hybridized carbons (Fsp3) is 0.803. The second-order valence-electron chi connectivity index (χ2n) is 24.1. The summed E-state index contributed by atoms with van der Waals surface area (Å²) in [6.07, 6.45) is 92.3. The first-order valence-electron chi connectivity index (χ1n) is 35.9. The lowest BCUT2D eigenvalue weighted by Crippen LogP contribution is -2.30. The van der Waals surface area contributed by atoms with Crippen molar-refractivity contribution in [1.29, 1.82) is 0 Å². The molecule has 0 aliphatic rings. The molecule has 1 unspecified atom stereocenters. The van der Waals surface area contributed by atoms with Gasteiger partial charge in [0, 0.05) is 19.3 Å². The third-order valence-electron chi connectivity index (χ3n) is 15.9. The molecule has 0 bridgehead atoms. The highest BCUT2D eigenvalue weighted by Crippen LogP contribution is 2.18. The maximum absolute atomic E-state index is 12.9. The lowest BCUT2D eigenvalue weighted by molar-refractivity contribution is -0.167. The third kappa shape index (κ3) is 67.6. The van der Waals surface area contributed by atoms with Gasteiger partial charge < -0.3 is 14.2 Å². The van der Waals surface area contributed by atoms with Crippen LogP contribution >= 0.6 is 0 Å². The Morgan fingerprint density at radius 3 is 0.793 bits per heavy atom. The molecule has 0 radical (unpaired) electrons. The molecule has 0 N–H and O–H groups in total. The van der Waals surface area contributed by atoms with Crippen LogP contribution < -0.4 is 0 Å². The van der Waals surface area contributed by atoms with Crippen LogP contribution in [0.2, 0.25) is 0 Å². The van der Waals surface area contributed by atoms with Gasteiger partial charge in [0.2, 0.25) is 0 Å². The fourth-order valence-electron chi connectivity index (χ4n) is 10.6. The predicted molar refractivity (Wildman–Crippen MR) is 358 cm³/mol. The van der Waals surface area contributed by atoms with Gasteiger partial charge >= 0.3 is 17.9 Å². The number of esters is 3. The van der Waals surface area contributed by atoms with E-state index in [2.05, 4.69) is 93.7 Å². The number of ether oxygens (including phenoxy) is 3. The summed E-state index contributed by atoms with van der Waals surface area (Å²) < 4.78 is 17.0. The smallest absolute Gasteiger partial charge is 0.306 e. The van der Waals surface area contributed by atoms with Gasteiger partial charge in [-0.1, -0.05) is 344 Å². The lowest BCUT2D eigenvalue weighted by Gasteiger charge is -2.18. The van der Waals surface area contributed by atoms with E-state index in [1.807, 2.05) is 0 Å². The highest BCUT2D eigenvalue weighted by atomic mass is 16.6. The number of rotatable bonds is 66. The Hall–Kier alpha value is -3.15. The second-order valence-corrected chi connectivity index (χ2v) is 24.1. The SMILES string of the molecule is CC/C=C\C/C=C\C/C=C\C/C=C\C/C=C\CCCCCCCCCCCCCCCCCC(=O)OCC(COC(=O)CCCCCCC/C=C\CCCC)OC(=O)CCCCCCCCCCCCCCCCCCCCCCCC. The zero-order valence-electron chi connectivity index (χ0n) is 54.8. The molecule has 0 aliphatic heterocycles. The second kappa shape index (κ2) is 70.3. The normalized spacial score (nSPS) is 12.5. The van der Waals surface area contributed by atoms with Gasteiger partial charge in [-0.05, 0) is 83.5 Å². The molecule has 0 aromatic carbocycles. The fourth-order valence-corrected chi connectivity index (χ4v) is 10.6. The topological polar surface area (TPSA) is 78.9 Å². The average molecular weight is 1150 g/mol. The molecule has 82 heavy (non-hydrogen) atoms. The molecule has 0 amide bonds. The summed E-state index contributed by atoms with van der Waals surface area (Å²) in [5.74, 6) is -0.860.